The molecule has 0 saturated heterocycles. The first-order valence-corrected chi connectivity index (χ1v) is 8.70. The summed E-state index contributed by atoms with van der Waals surface area (Å²) in [5.41, 5.74) is 1.59. The zero-order chi connectivity index (χ0) is 16.9. The molecule has 3 nitrogen and oxygen atoms in total. The number of hydrogen-bond donors (Lipinski definition) is 1. The number of ether oxygens (including phenoxy) is 1. The highest BCUT2D eigenvalue weighted by Gasteiger charge is 2.01. The quantitative estimate of drug-likeness (QED) is 0.366. The highest BCUT2D eigenvalue weighted by atomic mass is 16.5. The number of rotatable bonds is 13. The number of carbonyl (C=O) groups is 1. The van der Waals surface area contributed by atoms with Crippen LogP contribution in [0.4, 0.5) is 0 Å². The lowest BCUT2D eigenvalue weighted by Crippen LogP contribution is -1.99. The van der Waals surface area contributed by atoms with Crippen LogP contribution in [0.15, 0.2) is 36.4 Å². The zero-order valence-corrected chi connectivity index (χ0v) is 14.4. The van der Waals surface area contributed by atoms with Gasteiger partial charge in [-0.25, -0.2) is 4.79 Å². The van der Waals surface area contributed by atoms with Crippen LogP contribution >= 0.6 is 0 Å². The van der Waals surface area contributed by atoms with Crippen molar-refractivity contribution in [2.75, 3.05) is 6.61 Å². The van der Waals surface area contributed by atoms with E-state index in [0.717, 1.165) is 12.2 Å². The molecule has 0 heterocycles. The molecule has 0 unspecified atom stereocenters. The molecular weight excluding hydrogens is 288 g/mol. The van der Waals surface area contributed by atoms with Gasteiger partial charge in [-0.3, -0.25) is 0 Å². The Morgan fingerprint density at radius 3 is 2.00 bits per heavy atom. The van der Waals surface area contributed by atoms with Crippen molar-refractivity contribution in [1.29, 1.82) is 0 Å². The lowest BCUT2D eigenvalue weighted by Gasteiger charge is -2.06. The molecule has 0 saturated carbocycles. The molecule has 0 radical (unpaired) electrons. The molecule has 3 heteroatoms. The highest BCUT2D eigenvalue weighted by molar-refractivity contribution is 5.87. The largest absolute Gasteiger partial charge is 0.494 e. The summed E-state index contributed by atoms with van der Waals surface area (Å²) < 4.78 is 5.62. The van der Waals surface area contributed by atoms with Crippen LogP contribution in [0.5, 0.6) is 5.75 Å². The second-order valence-electron chi connectivity index (χ2n) is 6.21. The van der Waals surface area contributed by atoms with Crippen LogP contribution in [0.25, 0.3) is 0 Å². The maximum Gasteiger partial charge on any atom is 0.335 e. The minimum atomic E-state index is -0.906. The van der Waals surface area contributed by atoms with Crippen molar-refractivity contribution < 1.29 is 14.6 Å². The van der Waals surface area contributed by atoms with Gasteiger partial charge in [0, 0.05) is 0 Å². The third-order valence-corrected chi connectivity index (χ3v) is 3.87. The van der Waals surface area contributed by atoms with Gasteiger partial charge >= 0.3 is 5.97 Å². The van der Waals surface area contributed by atoms with Crippen LogP contribution in [0.1, 0.15) is 75.1 Å². The molecule has 0 aromatic heterocycles. The average Bonchev–Trinajstić information content (AvgIpc) is 2.52. The molecule has 0 aliphatic rings. The van der Waals surface area contributed by atoms with Crippen LogP contribution in [-0.2, 0) is 0 Å². The summed E-state index contributed by atoms with van der Waals surface area (Å²) in [6, 6.07) is 6.58. The first-order chi connectivity index (χ1) is 11.1. The molecule has 0 bridgehead atoms. The lowest BCUT2D eigenvalue weighted by atomic mass is 10.1. The Labute approximate surface area is 140 Å². The van der Waals surface area contributed by atoms with Gasteiger partial charge in [-0.15, -0.1) is 6.58 Å². The molecule has 0 atom stereocenters. The van der Waals surface area contributed by atoms with Gasteiger partial charge in [-0.05, 0) is 50.5 Å². The Morgan fingerprint density at radius 1 is 0.957 bits per heavy atom. The number of hydrogen-bond acceptors (Lipinski definition) is 2. The summed E-state index contributed by atoms with van der Waals surface area (Å²) in [5.74, 6) is -0.163. The second kappa shape index (κ2) is 11.8. The normalized spacial score (nSPS) is 10.5. The average molecular weight is 318 g/mol. The number of carboxylic acid groups (broad SMARTS) is 1. The fourth-order valence-electron chi connectivity index (χ4n) is 2.47. The Balaban J connectivity index is 1.93. The molecule has 1 N–H and O–H groups in total. The first kappa shape index (κ1) is 19.3. The summed E-state index contributed by atoms with van der Waals surface area (Å²) >= 11 is 0. The van der Waals surface area contributed by atoms with E-state index in [1.54, 1.807) is 24.3 Å². The van der Waals surface area contributed by atoms with E-state index in [9.17, 15) is 4.79 Å². The molecular formula is C20H30O3. The van der Waals surface area contributed by atoms with Gasteiger partial charge in [0.25, 0.3) is 0 Å². The molecule has 0 aliphatic carbocycles. The maximum absolute atomic E-state index is 10.7. The summed E-state index contributed by atoms with van der Waals surface area (Å²) in [5, 5.41) is 8.82. The monoisotopic (exact) mass is 318 g/mol. The highest BCUT2D eigenvalue weighted by Crippen LogP contribution is 2.14. The van der Waals surface area contributed by atoms with Crippen molar-refractivity contribution in [3.8, 4) is 5.75 Å². The Hall–Kier alpha value is -1.77. The molecule has 0 aliphatic heterocycles. The van der Waals surface area contributed by atoms with E-state index in [4.69, 9.17) is 9.84 Å². The van der Waals surface area contributed by atoms with Crippen LogP contribution < -0.4 is 4.74 Å². The molecule has 0 spiro atoms. The first-order valence-electron chi connectivity index (χ1n) is 8.70. The van der Waals surface area contributed by atoms with E-state index >= 15 is 0 Å². The smallest absolute Gasteiger partial charge is 0.335 e. The molecule has 0 fully saturated rings. The Morgan fingerprint density at radius 2 is 1.48 bits per heavy atom. The van der Waals surface area contributed by atoms with E-state index in [2.05, 4.69) is 13.5 Å². The molecule has 1 aromatic carbocycles. The van der Waals surface area contributed by atoms with Crippen molar-refractivity contribution in [2.45, 2.75) is 64.7 Å². The van der Waals surface area contributed by atoms with Crippen molar-refractivity contribution >= 4 is 5.97 Å². The van der Waals surface area contributed by atoms with Gasteiger partial charge in [0.1, 0.15) is 5.75 Å². The number of allylic oxidation sites excluding steroid dienone is 1. The minimum Gasteiger partial charge on any atom is -0.494 e. The molecule has 1 rings (SSSR count). The predicted octanol–water partition coefficient (Wildman–Crippen LogP) is 5.85. The van der Waals surface area contributed by atoms with Crippen LogP contribution in [0.2, 0.25) is 0 Å². The van der Waals surface area contributed by atoms with Gasteiger partial charge in [0.2, 0.25) is 0 Å². The molecule has 23 heavy (non-hydrogen) atoms. The summed E-state index contributed by atoms with van der Waals surface area (Å²) in [7, 11) is 0. The fraction of sp³-hybridized carbons (Fsp3) is 0.550. The lowest BCUT2D eigenvalue weighted by molar-refractivity contribution is 0.0697. The van der Waals surface area contributed by atoms with Crippen molar-refractivity contribution in [3.05, 3.63) is 42.0 Å². The fourth-order valence-corrected chi connectivity index (χ4v) is 2.47. The van der Waals surface area contributed by atoms with Gasteiger partial charge in [0.05, 0.1) is 12.2 Å². The molecule has 1 aromatic rings. The third kappa shape index (κ3) is 9.77. The number of aromatic carboxylic acids is 1. The van der Waals surface area contributed by atoms with Gasteiger partial charge in [-0.2, -0.15) is 0 Å². The van der Waals surface area contributed by atoms with Gasteiger partial charge in [-0.1, -0.05) is 44.1 Å². The SMILES string of the molecule is C=C(C)CCCCCCCCCCOc1ccc(C(=O)O)cc1. The van der Waals surface area contributed by atoms with Gasteiger partial charge in [0.15, 0.2) is 0 Å². The van der Waals surface area contributed by atoms with E-state index in [-0.39, 0.29) is 0 Å². The molecule has 0 amide bonds. The summed E-state index contributed by atoms with van der Waals surface area (Å²) in [6.07, 6.45) is 11.3. The minimum absolute atomic E-state index is 0.292. The number of benzene rings is 1. The van der Waals surface area contributed by atoms with E-state index in [0.29, 0.717) is 12.2 Å². The van der Waals surface area contributed by atoms with Crippen molar-refractivity contribution in [3.63, 3.8) is 0 Å². The second-order valence-corrected chi connectivity index (χ2v) is 6.21. The van der Waals surface area contributed by atoms with Crippen LogP contribution in [0.3, 0.4) is 0 Å². The van der Waals surface area contributed by atoms with Crippen LogP contribution in [0, 0.1) is 0 Å². The zero-order valence-electron chi connectivity index (χ0n) is 14.4. The summed E-state index contributed by atoms with van der Waals surface area (Å²) in [6.45, 7) is 6.73. The topological polar surface area (TPSA) is 46.5 Å². The number of carboxylic acids is 1. The van der Waals surface area contributed by atoms with E-state index < -0.39 is 5.97 Å². The Kier molecular flexibility index (Phi) is 9.85. The number of unbranched alkanes of at least 4 members (excludes halogenated alkanes) is 7. The van der Waals surface area contributed by atoms with Crippen molar-refractivity contribution in [1.82, 2.24) is 0 Å². The standard InChI is InChI=1S/C20H30O3/c1-17(2)11-9-7-5-3-4-6-8-10-16-23-19-14-12-18(13-15-19)20(21)22/h12-15H,1,3-11,16H2,2H3,(H,21,22). The van der Waals surface area contributed by atoms with E-state index in [1.165, 1.54) is 56.9 Å². The predicted molar refractivity (Wildman–Crippen MR) is 95.3 cm³/mol. The Bertz CT molecular complexity index is 462. The van der Waals surface area contributed by atoms with Crippen molar-refractivity contribution in [2.24, 2.45) is 0 Å². The van der Waals surface area contributed by atoms with E-state index in [1.807, 2.05) is 0 Å². The molecule has 128 valence electrons. The third-order valence-electron chi connectivity index (χ3n) is 3.87. The van der Waals surface area contributed by atoms with Crippen LogP contribution in [-0.4, -0.2) is 17.7 Å². The maximum atomic E-state index is 10.7. The van der Waals surface area contributed by atoms with Gasteiger partial charge < -0.3 is 9.84 Å². The summed E-state index contributed by atoms with van der Waals surface area (Å²) in [4.78, 5) is 10.7.